The van der Waals surface area contributed by atoms with Crippen LogP contribution < -0.4 is 15.0 Å². The minimum absolute atomic E-state index is 0.211. The van der Waals surface area contributed by atoms with Crippen LogP contribution >= 0.6 is 0 Å². The van der Waals surface area contributed by atoms with Crippen molar-refractivity contribution in [1.82, 2.24) is 15.5 Å². The number of hydrogen-bond donors (Lipinski definition) is 1. The average Bonchev–Trinajstić information content (AvgIpc) is 3.36. The number of allylic oxidation sites excluding steroid dienone is 1. The van der Waals surface area contributed by atoms with E-state index < -0.39 is 6.04 Å². The van der Waals surface area contributed by atoms with Crippen LogP contribution in [0.1, 0.15) is 42.5 Å². The van der Waals surface area contributed by atoms with E-state index in [9.17, 15) is 4.79 Å². The van der Waals surface area contributed by atoms with Crippen LogP contribution in [0.25, 0.3) is 17.0 Å². The molecule has 182 valence electrons. The first kappa shape index (κ1) is 23.4. The third-order valence-electron chi connectivity index (χ3n) is 6.27. The predicted molar refractivity (Wildman–Crippen MR) is 140 cm³/mol. The predicted octanol–water partition coefficient (Wildman–Crippen LogP) is 6.45. The Balaban J connectivity index is 1.60. The van der Waals surface area contributed by atoms with Gasteiger partial charge < -0.3 is 14.6 Å². The summed E-state index contributed by atoms with van der Waals surface area (Å²) >= 11 is 0. The SMILES string of the molecule is CCOc1ccc(-c2noc(C3=C(C)N(c4ccc(C)cc4)C(=O)NC3c3ccc(C)cc3)n2)cc1. The number of aromatic nitrogens is 2. The lowest BCUT2D eigenvalue weighted by molar-refractivity contribution is 0.244. The van der Waals surface area contributed by atoms with Gasteiger partial charge in [-0.2, -0.15) is 4.98 Å². The highest BCUT2D eigenvalue weighted by atomic mass is 16.5. The van der Waals surface area contributed by atoms with Gasteiger partial charge in [0.25, 0.3) is 5.89 Å². The van der Waals surface area contributed by atoms with Crippen LogP contribution in [0.15, 0.2) is 83.0 Å². The van der Waals surface area contributed by atoms with E-state index in [0.29, 0.717) is 18.3 Å². The normalized spacial score (nSPS) is 15.7. The molecular formula is C29H28N4O3. The van der Waals surface area contributed by atoms with Gasteiger partial charge in [-0.05, 0) is 69.7 Å². The van der Waals surface area contributed by atoms with Gasteiger partial charge in [0.2, 0.25) is 5.82 Å². The fourth-order valence-electron chi connectivity index (χ4n) is 4.35. The van der Waals surface area contributed by atoms with E-state index in [1.165, 1.54) is 0 Å². The molecule has 0 fully saturated rings. The molecule has 36 heavy (non-hydrogen) atoms. The van der Waals surface area contributed by atoms with Crippen LogP contribution in [0, 0.1) is 13.8 Å². The zero-order valence-electron chi connectivity index (χ0n) is 20.8. The molecule has 1 atom stereocenters. The van der Waals surface area contributed by atoms with Gasteiger partial charge in [-0.3, -0.25) is 4.90 Å². The molecule has 0 saturated heterocycles. The maximum Gasteiger partial charge on any atom is 0.326 e. The molecule has 7 heteroatoms. The lowest BCUT2D eigenvalue weighted by atomic mass is 9.94. The number of rotatable bonds is 6. The van der Waals surface area contributed by atoms with E-state index in [2.05, 4.69) is 10.5 Å². The first-order valence-electron chi connectivity index (χ1n) is 12.0. The number of carbonyl (C=O) groups excluding carboxylic acids is 1. The summed E-state index contributed by atoms with van der Waals surface area (Å²) in [6, 6.07) is 22.8. The Morgan fingerprint density at radius 3 is 2.19 bits per heavy atom. The van der Waals surface area contributed by atoms with Gasteiger partial charge in [0.05, 0.1) is 23.9 Å². The summed E-state index contributed by atoms with van der Waals surface area (Å²) < 4.78 is 11.3. The Bertz CT molecular complexity index is 1400. The highest BCUT2D eigenvalue weighted by Gasteiger charge is 2.36. The summed E-state index contributed by atoms with van der Waals surface area (Å²) in [4.78, 5) is 19.7. The Morgan fingerprint density at radius 1 is 0.917 bits per heavy atom. The first-order valence-corrected chi connectivity index (χ1v) is 12.0. The van der Waals surface area contributed by atoms with Gasteiger partial charge in [-0.1, -0.05) is 52.7 Å². The van der Waals surface area contributed by atoms with E-state index >= 15 is 0 Å². The number of aryl methyl sites for hydroxylation is 2. The van der Waals surface area contributed by atoms with Crippen molar-refractivity contribution in [2.24, 2.45) is 0 Å². The second kappa shape index (κ2) is 9.70. The van der Waals surface area contributed by atoms with Crippen molar-refractivity contribution in [2.75, 3.05) is 11.5 Å². The third kappa shape index (κ3) is 4.47. The number of hydrogen-bond acceptors (Lipinski definition) is 5. The molecule has 0 saturated carbocycles. The highest BCUT2D eigenvalue weighted by molar-refractivity contribution is 6.01. The molecular weight excluding hydrogens is 452 g/mol. The number of nitrogens with one attached hydrogen (secondary N) is 1. The van der Waals surface area contributed by atoms with Gasteiger partial charge in [0.15, 0.2) is 0 Å². The number of urea groups is 1. The Labute approximate surface area is 210 Å². The van der Waals surface area contributed by atoms with Crippen LogP contribution in [-0.2, 0) is 0 Å². The van der Waals surface area contributed by atoms with E-state index in [4.69, 9.17) is 14.2 Å². The number of nitrogens with zero attached hydrogens (tertiary/aromatic N) is 3. The lowest BCUT2D eigenvalue weighted by Crippen LogP contribution is -2.46. The topological polar surface area (TPSA) is 80.5 Å². The van der Waals surface area contributed by atoms with Gasteiger partial charge in [-0.15, -0.1) is 0 Å². The molecule has 5 rings (SSSR count). The fourth-order valence-corrected chi connectivity index (χ4v) is 4.35. The molecule has 2 amide bonds. The molecule has 1 aliphatic rings. The third-order valence-corrected chi connectivity index (χ3v) is 6.27. The van der Waals surface area contributed by atoms with Crippen molar-refractivity contribution in [3.05, 3.63) is 101 Å². The monoisotopic (exact) mass is 480 g/mol. The molecule has 1 aromatic heterocycles. The minimum Gasteiger partial charge on any atom is -0.494 e. The molecule has 4 aromatic rings. The number of anilines is 1. The minimum atomic E-state index is -0.437. The second-order valence-corrected chi connectivity index (χ2v) is 8.84. The maximum absolute atomic E-state index is 13.3. The van der Waals surface area contributed by atoms with Gasteiger partial charge in [0, 0.05) is 11.3 Å². The smallest absolute Gasteiger partial charge is 0.326 e. The Hall–Kier alpha value is -4.39. The summed E-state index contributed by atoms with van der Waals surface area (Å²) in [5.41, 5.74) is 6.26. The molecule has 0 bridgehead atoms. The van der Waals surface area contributed by atoms with Crippen molar-refractivity contribution in [3.8, 4) is 17.1 Å². The molecule has 2 heterocycles. The number of carbonyl (C=O) groups is 1. The maximum atomic E-state index is 13.3. The van der Waals surface area contributed by atoms with Gasteiger partial charge >= 0.3 is 6.03 Å². The van der Waals surface area contributed by atoms with E-state index in [1.807, 2.05) is 100 Å². The molecule has 0 radical (unpaired) electrons. The lowest BCUT2D eigenvalue weighted by Gasteiger charge is -2.35. The zero-order valence-corrected chi connectivity index (χ0v) is 20.8. The van der Waals surface area contributed by atoms with Crippen LogP contribution in [0.4, 0.5) is 10.5 Å². The van der Waals surface area contributed by atoms with E-state index in [1.54, 1.807) is 4.90 Å². The summed E-state index contributed by atoms with van der Waals surface area (Å²) in [7, 11) is 0. The second-order valence-electron chi connectivity index (χ2n) is 8.84. The standard InChI is InChI=1S/C29H28N4O3/c1-5-35-24-16-12-22(13-17-24)27-31-28(36-32-27)25-20(4)33(23-14-8-19(3)9-15-23)29(34)30-26(25)21-10-6-18(2)7-11-21/h6-17,26H,5H2,1-4H3,(H,30,34). The summed E-state index contributed by atoms with van der Waals surface area (Å²) in [5.74, 6) is 1.61. The van der Waals surface area contributed by atoms with E-state index in [-0.39, 0.29) is 6.03 Å². The molecule has 3 aromatic carbocycles. The van der Waals surface area contributed by atoms with Crippen LogP contribution in [0.5, 0.6) is 5.75 Å². The zero-order chi connectivity index (χ0) is 25.2. The van der Waals surface area contributed by atoms with Crippen molar-refractivity contribution < 1.29 is 14.1 Å². The molecule has 1 unspecified atom stereocenters. The number of benzene rings is 3. The quantitative estimate of drug-likeness (QED) is 0.343. The number of amides is 2. The summed E-state index contributed by atoms with van der Waals surface area (Å²) in [5, 5.41) is 7.40. The molecule has 0 aliphatic carbocycles. The largest absolute Gasteiger partial charge is 0.494 e. The number of ether oxygens (including phenoxy) is 1. The molecule has 0 spiro atoms. The van der Waals surface area contributed by atoms with Crippen molar-refractivity contribution >= 4 is 17.3 Å². The summed E-state index contributed by atoms with van der Waals surface area (Å²) in [6.07, 6.45) is 0. The Kier molecular flexibility index (Phi) is 6.29. The van der Waals surface area contributed by atoms with Crippen molar-refractivity contribution in [1.29, 1.82) is 0 Å². The highest BCUT2D eigenvalue weighted by Crippen LogP contribution is 2.39. The van der Waals surface area contributed by atoms with Gasteiger partial charge in [-0.25, -0.2) is 4.79 Å². The first-order chi connectivity index (χ1) is 17.4. The average molecular weight is 481 g/mol. The van der Waals surface area contributed by atoms with Crippen LogP contribution in [0.3, 0.4) is 0 Å². The fraction of sp³-hybridized carbons (Fsp3) is 0.207. The van der Waals surface area contributed by atoms with Crippen molar-refractivity contribution in [3.63, 3.8) is 0 Å². The Morgan fingerprint density at radius 2 is 1.56 bits per heavy atom. The van der Waals surface area contributed by atoms with Crippen molar-refractivity contribution in [2.45, 2.75) is 33.7 Å². The van der Waals surface area contributed by atoms with E-state index in [0.717, 1.165) is 45.0 Å². The van der Waals surface area contributed by atoms with Crippen LogP contribution in [0.2, 0.25) is 0 Å². The summed E-state index contributed by atoms with van der Waals surface area (Å²) in [6.45, 7) is 8.51. The van der Waals surface area contributed by atoms with Gasteiger partial charge in [0.1, 0.15) is 5.75 Å². The van der Waals surface area contributed by atoms with Crippen LogP contribution in [-0.4, -0.2) is 22.8 Å². The molecule has 7 nitrogen and oxygen atoms in total. The molecule has 1 N–H and O–H groups in total. The molecule has 1 aliphatic heterocycles.